The van der Waals surface area contributed by atoms with Gasteiger partial charge >= 0.3 is 6.09 Å². The predicted octanol–water partition coefficient (Wildman–Crippen LogP) is 4.03. The number of unbranched alkanes of at least 4 members (excludes halogenated alkanes) is 1. The number of rotatable bonds is 8. The molecule has 1 aromatic carbocycles. The number of methoxy groups -OCH3 is 1. The number of anilines is 1. The molecule has 0 bridgehead atoms. The summed E-state index contributed by atoms with van der Waals surface area (Å²) in [5, 5.41) is 10.8. The largest absolute Gasteiger partial charge is 0.486 e. The number of carbonyl (C=O) groups excluding carboxylic acids is 1. The molecule has 1 fully saturated rings. The van der Waals surface area contributed by atoms with E-state index in [1.165, 1.54) is 0 Å². The van der Waals surface area contributed by atoms with Gasteiger partial charge in [-0.3, -0.25) is 9.88 Å². The van der Waals surface area contributed by atoms with Crippen LogP contribution < -0.4 is 19.1 Å². The highest BCUT2D eigenvalue weighted by atomic mass is 16.6. The van der Waals surface area contributed by atoms with E-state index >= 15 is 0 Å². The number of cyclic esters (lactones) is 1. The average molecular weight is 466 g/mol. The Bertz CT molecular complexity index is 1190. The Labute approximate surface area is 197 Å². The highest BCUT2D eigenvalue weighted by Crippen LogP contribution is 2.35. The van der Waals surface area contributed by atoms with E-state index in [0.29, 0.717) is 49.1 Å². The van der Waals surface area contributed by atoms with Gasteiger partial charge in [0.25, 0.3) is 0 Å². The zero-order valence-electron chi connectivity index (χ0n) is 19.0. The Morgan fingerprint density at radius 1 is 1.15 bits per heavy atom. The minimum absolute atomic E-state index is 0.189. The van der Waals surface area contributed by atoms with Crippen LogP contribution in [0.15, 0.2) is 42.6 Å². The SMILES string of the molecule is COc1ccc2nccc([C@@H](O)CCCC[C@@H]3CN(c4ccc5c(c4)OCCO5)C(=O)O3)c2n1. The number of ether oxygens (including phenoxy) is 4. The van der Waals surface area contributed by atoms with Crippen molar-refractivity contribution in [3.8, 4) is 17.4 Å². The van der Waals surface area contributed by atoms with Crippen LogP contribution in [-0.2, 0) is 4.74 Å². The van der Waals surface area contributed by atoms with E-state index < -0.39 is 6.10 Å². The summed E-state index contributed by atoms with van der Waals surface area (Å²) in [7, 11) is 1.56. The molecule has 178 valence electrons. The molecule has 0 unspecified atom stereocenters. The quantitative estimate of drug-likeness (QED) is 0.498. The average Bonchev–Trinajstić information content (AvgIpc) is 3.25. The van der Waals surface area contributed by atoms with Crippen molar-refractivity contribution in [2.45, 2.75) is 37.9 Å². The molecule has 34 heavy (non-hydrogen) atoms. The molecule has 0 spiro atoms. The molecule has 9 heteroatoms. The molecule has 3 aromatic rings. The fraction of sp³-hybridized carbons (Fsp3) is 0.400. The van der Waals surface area contributed by atoms with Crippen molar-refractivity contribution >= 4 is 22.8 Å². The Kier molecular flexibility index (Phi) is 6.35. The van der Waals surface area contributed by atoms with Gasteiger partial charge in [-0.05, 0) is 43.5 Å². The molecule has 2 atom stereocenters. The van der Waals surface area contributed by atoms with Crippen LogP contribution in [-0.4, -0.2) is 54.1 Å². The van der Waals surface area contributed by atoms with Crippen LogP contribution in [0.2, 0.25) is 0 Å². The number of aliphatic hydroxyl groups is 1. The third kappa shape index (κ3) is 4.56. The number of aromatic nitrogens is 2. The van der Waals surface area contributed by atoms with Crippen molar-refractivity contribution in [2.24, 2.45) is 0 Å². The fourth-order valence-corrected chi connectivity index (χ4v) is 4.36. The van der Waals surface area contributed by atoms with Crippen molar-refractivity contribution in [2.75, 3.05) is 31.8 Å². The summed E-state index contributed by atoms with van der Waals surface area (Å²) in [4.78, 5) is 22.8. The Balaban J connectivity index is 1.14. The van der Waals surface area contributed by atoms with Gasteiger partial charge in [0.1, 0.15) is 19.3 Å². The molecule has 9 nitrogen and oxygen atoms in total. The zero-order chi connectivity index (χ0) is 23.5. The summed E-state index contributed by atoms with van der Waals surface area (Å²) in [6, 6.07) is 10.9. The van der Waals surface area contributed by atoms with Gasteiger partial charge in [0.05, 0.1) is 36.5 Å². The lowest BCUT2D eigenvalue weighted by molar-refractivity contribution is 0.131. The lowest BCUT2D eigenvalue weighted by atomic mass is 10.0. The lowest BCUT2D eigenvalue weighted by Crippen LogP contribution is -2.25. The van der Waals surface area contributed by atoms with Crippen molar-refractivity contribution in [3.05, 3.63) is 48.2 Å². The van der Waals surface area contributed by atoms with Gasteiger partial charge in [-0.1, -0.05) is 6.42 Å². The monoisotopic (exact) mass is 465 g/mol. The van der Waals surface area contributed by atoms with E-state index in [2.05, 4.69) is 9.97 Å². The topological polar surface area (TPSA) is 103 Å². The molecule has 0 saturated carbocycles. The van der Waals surface area contributed by atoms with E-state index in [0.717, 1.165) is 36.0 Å². The molecule has 1 amide bonds. The van der Waals surface area contributed by atoms with Crippen molar-refractivity contribution < 1.29 is 28.8 Å². The first kappa shape index (κ1) is 22.2. The highest BCUT2D eigenvalue weighted by molar-refractivity contribution is 5.90. The number of amides is 1. The standard InChI is InChI=1S/C25H27N3O6/c1-31-23-9-7-19-24(27-23)18(10-11-26-19)20(29)5-3-2-4-17-15-28(25(30)34-17)16-6-8-21-22(14-16)33-13-12-32-21/h6-11,14,17,20,29H,2-5,12-13,15H2,1H3/t17-,20+/m1/s1. The second kappa shape index (κ2) is 9.72. The molecule has 2 aliphatic rings. The van der Waals surface area contributed by atoms with E-state index in [1.54, 1.807) is 30.3 Å². The summed E-state index contributed by atoms with van der Waals surface area (Å²) in [6.45, 7) is 1.50. The van der Waals surface area contributed by atoms with Crippen LogP contribution in [0, 0.1) is 0 Å². The normalized spacial score (nSPS) is 18.1. The summed E-state index contributed by atoms with van der Waals surface area (Å²) in [5.74, 6) is 1.82. The van der Waals surface area contributed by atoms with Gasteiger partial charge in [0.15, 0.2) is 11.5 Å². The maximum atomic E-state index is 12.4. The number of fused-ring (bicyclic) bond motifs is 2. The van der Waals surface area contributed by atoms with Gasteiger partial charge in [-0.15, -0.1) is 0 Å². The van der Waals surface area contributed by atoms with Crippen molar-refractivity contribution in [1.82, 2.24) is 9.97 Å². The summed E-state index contributed by atoms with van der Waals surface area (Å²) in [6.07, 6.45) is 3.38. The second-order valence-electron chi connectivity index (χ2n) is 8.37. The first-order chi connectivity index (χ1) is 16.6. The minimum atomic E-state index is -0.662. The Morgan fingerprint density at radius 2 is 2.00 bits per heavy atom. The van der Waals surface area contributed by atoms with Gasteiger partial charge in [0.2, 0.25) is 5.88 Å². The molecule has 4 heterocycles. The summed E-state index contributed by atoms with van der Waals surface area (Å²) in [5.41, 5.74) is 2.84. The molecule has 2 aliphatic heterocycles. The maximum Gasteiger partial charge on any atom is 0.414 e. The highest BCUT2D eigenvalue weighted by Gasteiger charge is 2.32. The third-order valence-electron chi connectivity index (χ3n) is 6.12. The Morgan fingerprint density at radius 3 is 2.85 bits per heavy atom. The van der Waals surface area contributed by atoms with Crippen LogP contribution in [0.5, 0.6) is 17.4 Å². The van der Waals surface area contributed by atoms with Crippen LogP contribution >= 0.6 is 0 Å². The molecule has 1 N–H and O–H groups in total. The number of hydrogen-bond donors (Lipinski definition) is 1. The van der Waals surface area contributed by atoms with E-state index in [4.69, 9.17) is 18.9 Å². The maximum absolute atomic E-state index is 12.4. The number of hydrogen-bond acceptors (Lipinski definition) is 8. The van der Waals surface area contributed by atoms with Crippen LogP contribution in [0.4, 0.5) is 10.5 Å². The molecule has 1 saturated heterocycles. The zero-order valence-corrected chi connectivity index (χ0v) is 19.0. The summed E-state index contributed by atoms with van der Waals surface area (Å²) < 4.78 is 21.9. The smallest absolute Gasteiger partial charge is 0.414 e. The number of benzene rings is 1. The fourth-order valence-electron chi connectivity index (χ4n) is 4.36. The summed E-state index contributed by atoms with van der Waals surface area (Å²) >= 11 is 0. The minimum Gasteiger partial charge on any atom is -0.486 e. The molecular weight excluding hydrogens is 438 g/mol. The van der Waals surface area contributed by atoms with Gasteiger partial charge in [0, 0.05) is 23.9 Å². The molecule has 0 aliphatic carbocycles. The lowest BCUT2D eigenvalue weighted by Gasteiger charge is -2.21. The van der Waals surface area contributed by atoms with Crippen molar-refractivity contribution in [3.63, 3.8) is 0 Å². The Hall–Kier alpha value is -3.59. The van der Waals surface area contributed by atoms with Crippen LogP contribution in [0.1, 0.15) is 37.4 Å². The van der Waals surface area contributed by atoms with Crippen molar-refractivity contribution in [1.29, 1.82) is 0 Å². The first-order valence-corrected chi connectivity index (χ1v) is 11.5. The van der Waals surface area contributed by atoms with Gasteiger partial charge in [-0.25, -0.2) is 9.78 Å². The van der Waals surface area contributed by atoms with E-state index in [9.17, 15) is 9.90 Å². The number of carbonyl (C=O) groups is 1. The molecule has 2 aromatic heterocycles. The second-order valence-corrected chi connectivity index (χ2v) is 8.37. The molecule has 0 radical (unpaired) electrons. The van der Waals surface area contributed by atoms with Crippen LogP contribution in [0.25, 0.3) is 11.0 Å². The van der Waals surface area contributed by atoms with E-state index in [-0.39, 0.29) is 12.2 Å². The first-order valence-electron chi connectivity index (χ1n) is 11.5. The third-order valence-corrected chi connectivity index (χ3v) is 6.12. The number of nitrogens with zero attached hydrogens (tertiary/aromatic N) is 3. The predicted molar refractivity (Wildman–Crippen MR) is 125 cm³/mol. The van der Waals surface area contributed by atoms with Gasteiger partial charge in [-0.2, -0.15) is 0 Å². The van der Waals surface area contributed by atoms with E-state index in [1.807, 2.05) is 24.3 Å². The molecule has 5 rings (SSSR count). The number of aliphatic hydroxyl groups excluding tert-OH is 1. The molecular formula is C25H27N3O6. The van der Waals surface area contributed by atoms with Crippen LogP contribution in [0.3, 0.4) is 0 Å². The van der Waals surface area contributed by atoms with Gasteiger partial charge < -0.3 is 24.1 Å². The number of pyridine rings is 2.